The van der Waals surface area contributed by atoms with E-state index in [1.165, 1.54) is 12.1 Å². The number of nitrogens with one attached hydrogen (secondary N) is 1. The molecule has 0 saturated heterocycles. The summed E-state index contributed by atoms with van der Waals surface area (Å²) in [5, 5.41) is 16.4. The maximum atomic E-state index is 14.3. The Morgan fingerprint density at radius 1 is 1.24 bits per heavy atom. The number of ether oxygens (including phenoxy) is 1. The van der Waals surface area contributed by atoms with Crippen molar-refractivity contribution in [1.29, 1.82) is 5.41 Å². The summed E-state index contributed by atoms with van der Waals surface area (Å²) >= 11 is 3.08. The van der Waals surface area contributed by atoms with E-state index < -0.39 is 5.82 Å². The topological polar surface area (TPSA) is 79.3 Å². The van der Waals surface area contributed by atoms with Gasteiger partial charge in [0.15, 0.2) is 11.6 Å². The Balaban J connectivity index is 2.37. The summed E-state index contributed by atoms with van der Waals surface area (Å²) in [4.78, 5) is 0. The Labute approximate surface area is 130 Å². The lowest BCUT2D eigenvalue weighted by molar-refractivity contribution is 0.297. The van der Waals surface area contributed by atoms with Crippen LogP contribution in [-0.2, 0) is 6.42 Å². The molecule has 2 rings (SSSR count). The average Bonchev–Trinajstić information content (AvgIpc) is 2.46. The highest BCUT2D eigenvalue weighted by molar-refractivity contribution is 9.10. The first-order valence-corrected chi connectivity index (χ1v) is 7.03. The Morgan fingerprint density at radius 2 is 1.95 bits per heavy atom. The van der Waals surface area contributed by atoms with Crippen LogP contribution in [0.5, 0.6) is 11.5 Å². The van der Waals surface area contributed by atoms with E-state index in [1.54, 1.807) is 12.1 Å². The van der Waals surface area contributed by atoms with E-state index >= 15 is 0 Å². The molecule has 0 bridgehead atoms. The molecule has 110 valence electrons. The number of rotatable bonds is 5. The Morgan fingerprint density at radius 3 is 2.62 bits per heavy atom. The van der Waals surface area contributed by atoms with Crippen molar-refractivity contribution >= 4 is 21.8 Å². The normalized spacial score (nSPS) is 10.4. The summed E-state index contributed by atoms with van der Waals surface area (Å²) in [6.07, 6.45) is 0.421. The SMILES string of the molecule is N=C(N)c1ccc(Oc2ccccc2CCO)c(F)c1Br. The molecule has 0 aliphatic carbocycles. The summed E-state index contributed by atoms with van der Waals surface area (Å²) < 4.78 is 19.9. The Kier molecular flexibility index (Phi) is 4.93. The lowest BCUT2D eigenvalue weighted by Gasteiger charge is -2.13. The average molecular weight is 353 g/mol. The molecule has 21 heavy (non-hydrogen) atoms. The zero-order chi connectivity index (χ0) is 15.4. The number of hydrogen-bond acceptors (Lipinski definition) is 3. The molecule has 0 aliphatic heterocycles. The summed E-state index contributed by atoms with van der Waals surface area (Å²) in [5.74, 6) is -0.348. The third-order valence-electron chi connectivity index (χ3n) is 2.91. The first kappa shape index (κ1) is 15.5. The number of nitrogen functional groups attached to an aromatic ring is 1. The van der Waals surface area contributed by atoms with Gasteiger partial charge in [-0.05, 0) is 46.1 Å². The quantitative estimate of drug-likeness (QED) is 0.571. The van der Waals surface area contributed by atoms with Crippen molar-refractivity contribution in [3.05, 3.63) is 57.8 Å². The van der Waals surface area contributed by atoms with E-state index in [0.717, 1.165) is 5.56 Å². The van der Waals surface area contributed by atoms with E-state index in [0.29, 0.717) is 12.2 Å². The van der Waals surface area contributed by atoms with Crippen molar-refractivity contribution in [2.75, 3.05) is 6.61 Å². The predicted octanol–water partition coefficient (Wildman–Crippen LogP) is 3.20. The van der Waals surface area contributed by atoms with Crippen molar-refractivity contribution in [2.45, 2.75) is 6.42 Å². The minimum atomic E-state index is -0.624. The smallest absolute Gasteiger partial charge is 0.180 e. The van der Waals surface area contributed by atoms with Crippen LogP contribution in [0.15, 0.2) is 40.9 Å². The lowest BCUT2D eigenvalue weighted by atomic mass is 10.1. The third kappa shape index (κ3) is 3.40. The number of hydrogen-bond donors (Lipinski definition) is 3. The number of amidine groups is 1. The molecule has 0 heterocycles. The van der Waals surface area contributed by atoms with Gasteiger partial charge in [0.1, 0.15) is 11.6 Å². The number of aliphatic hydroxyl groups excluding tert-OH is 1. The number of benzene rings is 2. The van der Waals surface area contributed by atoms with E-state index in [-0.39, 0.29) is 28.2 Å². The molecule has 0 unspecified atom stereocenters. The summed E-state index contributed by atoms with van der Waals surface area (Å²) in [6.45, 7) is -0.0180. The van der Waals surface area contributed by atoms with Crippen LogP contribution in [0, 0.1) is 11.2 Å². The van der Waals surface area contributed by atoms with Gasteiger partial charge in [-0.15, -0.1) is 0 Å². The maximum absolute atomic E-state index is 14.3. The van der Waals surface area contributed by atoms with Gasteiger partial charge < -0.3 is 15.6 Å². The summed E-state index contributed by atoms with van der Waals surface area (Å²) in [7, 11) is 0. The highest BCUT2D eigenvalue weighted by atomic mass is 79.9. The van der Waals surface area contributed by atoms with Crippen LogP contribution in [-0.4, -0.2) is 17.5 Å². The second kappa shape index (κ2) is 6.69. The fourth-order valence-corrected chi connectivity index (χ4v) is 2.41. The summed E-state index contributed by atoms with van der Waals surface area (Å²) in [5.41, 5.74) is 6.42. The Bertz CT molecular complexity index is 677. The van der Waals surface area contributed by atoms with Crippen molar-refractivity contribution < 1.29 is 14.2 Å². The van der Waals surface area contributed by atoms with Gasteiger partial charge in [0.05, 0.1) is 4.47 Å². The van der Waals surface area contributed by atoms with Crippen LogP contribution < -0.4 is 10.5 Å². The first-order valence-electron chi connectivity index (χ1n) is 6.23. The number of para-hydroxylation sites is 1. The van der Waals surface area contributed by atoms with Gasteiger partial charge in [-0.3, -0.25) is 5.41 Å². The van der Waals surface area contributed by atoms with Crippen molar-refractivity contribution in [1.82, 2.24) is 0 Å². The standard InChI is InChI=1S/C15H14BrFN2O2/c16-13-10(15(18)19)5-6-12(14(13)17)21-11-4-2-1-3-9(11)7-8-20/h1-6,20H,7-8H2,(H3,18,19). The third-order valence-corrected chi connectivity index (χ3v) is 3.69. The molecular weight excluding hydrogens is 339 g/mol. The van der Waals surface area contributed by atoms with Gasteiger partial charge in [0.2, 0.25) is 0 Å². The predicted molar refractivity (Wildman–Crippen MR) is 82.4 cm³/mol. The molecule has 0 saturated carbocycles. The molecule has 0 aliphatic rings. The van der Waals surface area contributed by atoms with Crippen LogP contribution in [0.25, 0.3) is 0 Å². The zero-order valence-electron chi connectivity index (χ0n) is 11.1. The van der Waals surface area contributed by atoms with Gasteiger partial charge in [0.25, 0.3) is 0 Å². The van der Waals surface area contributed by atoms with Gasteiger partial charge in [0, 0.05) is 12.2 Å². The number of aliphatic hydroxyl groups is 1. The summed E-state index contributed by atoms with van der Waals surface area (Å²) in [6, 6.07) is 10.0. The molecule has 0 amide bonds. The Hall–Kier alpha value is -1.92. The van der Waals surface area contributed by atoms with Gasteiger partial charge in [-0.25, -0.2) is 4.39 Å². The van der Waals surface area contributed by atoms with Crippen LogP contribution >= 0.6 is 15.9 Å². The zero-order valence-corrected chi connectivity index (χ0v) is 12.7. The van der Waals surface area contributed by atoms with Crippen molar-refractivity contribution in [3.63, 3.8) is 0 Å². The van der Waals surface area contributed by atoms with Gasteiger partial charge in [-0.2, -0.15) is 0 Å². The highest BCUT2D eigenvalue weighted by Crippen LogP contribution is 2.33. The minimum absolute atomic E-state index is 0.0180. The van der Waals surface area contributed by atoms with Crippen molar-refractivity contribution in [3.8, 4) is 11.5 Å². The van der Waals surface area contributed by atoms with E-state index in [9.17, 15) is 4.39 Å². The van der Waals surface area contributed by atoms with Crippen LogP contribution in [0.4, 0.5) is 4.39 Å². The molecule has 0 fully saturated rings. The van der Waals surface area contributed by atoms with Gasteiger partial charge in [-0.1, -0.05) is 18.2 Å². The number of halogens is 2. The molecule has 6 heteroatoms. The highest BCUT2D eigenvalue weighted by Gasteiger charge is 2.15. The largest absolute Gasteiger partial charge is 0.454 e. The maximum Gasteiger partial charge on any atom is 0.180 e. The number of nitrogens with two attached hydrogens (primary N) is 1. The molecule has 0 atom stereocenters. The molecule has 4 N–H and O–H groups in total. The molecule has 0 aromatic heterocycles. The van der Waals surface area contributed by atoms with E-state index in [2.05, 4.69) is 15.9 Å². The minimum Gasteiger partial charge on any atom is -0.454 e. The molecule has 4 nitrogen and oxygen atoms in total. The molecule has 2 aromatic carbocycles. The van der Waals surface area contributed by atoms with Gasteiger partial charge >= 0.3 is 0 Å². The lowest BCUT2D eigenvalue weighted by Crippen LogP contribution is -2.12. The van der Waals surface area contributed by atoms with E-state index in [4.69, 9.17) is 21.0 Å². The van der Waals surface area contributed by atoms with Crippen LogP contribution in [0.1, 0.15) is 11.1 Å². The second-order valence-electron chi connectivity index (χ2n) is 4.34. The second-order valence-corrected chi connectivity index (χ2v) is 5.13. The molecule has 2 aromatic rings. The van der Waals surface area contributed by atoms with E-state index in [1.807, 2.05) is 12.1 Å². The fraction of sp³-hybridized carbons (Fsp3) is 0.133. The van der Waals surface area contributed by atoms with Crippen LogP contribution in [0.2, 0.25) is 0 Å². The monoisotopic (exact) mass is 352 g/mol. The molecule has 0 radical (unpaired) electrons. The first-order chi connectivity index (χ1) is 10.0. The molecular formula is C15H14BrFN2O2. The molecule has 0 spiro atoms. The fourth-order valence-electron chi connectivity index (χ4n) is 1.87. The van der Waals surface area contributed by atoms with Crippen molar-refractivity contribution in [2.24, 2.45) is 5.73 Å². The van der Waals surface area contributed by atoms with Crippen LogP contribution in [0.3, 0.4) is 0 Å².